The van der Waals surface area contributed by atoms with Gasteiger partial charge in [0.15, 0.2) is 11.3 Å². The summed E-state index contributed by atoms with van der Waals surface area (Å²) in [6.45, 7) is 0. The van der Waals surface area contributed by atoms with Gasteiger partial charge in [-0.25, -0.2) is 29.9 Å². The van der Waals surface area contributed by atoms with E-state index in [1.54, 1.807) is 34.3 Å². The molecule has 0 radical (unpaired) electrons. The molecule has 0 amide bonds. The van der Waals surface area contributed by atoms with Crippen LogP contribution in [0.5, 0.6) is 0 Å². The third-order valence-electron chi connectivity index (χ3n) is 15.4. The van der Waals surface area contributed by atoms with Gasteiger partial charge in [-0.3, -0.25) is 18.7 Å². The van der Waals surface area contributed by atoms with Crippen LogP contribution in [0.2, 0.25) is 0 Å². The standard InChI is InChI=1S/2C9H9N.5C8H8N2.2C7H7N3.C4H6N2/c2*1-10-7-6-8-4-2-3-5-9(8)10;2*1-10-6-4-7-3-2-5-9-8(7)10;1-10-6-9-7-4-2-3-5-8(7)10;2*1-10-8-5-3-2-4-7(8)6-9-10;1-10-5-9-6-3-2-4-8-7(6)10;1-10-7-6(5-9-10)3-2-4-8-7;1-6-4-2-3-5-6/h2*2-7H,1H3;5*2-6H,1H3;2*2-5H,1H3;2-4H,1H3. The van der Waals surface area contributed by atoms with E-state index in [-0.39, 0.29) is 0 Å². The van der Waals surface area contributed by atoms with Crippen molar-refractivity contribution in [3.8, 4) is 0 Å². The summed E-state index contributed by atoms with van der Waals surface area (Å²) in [7, 11) is 19.7. The van der Waals surface area contributed by atoms with Crippen LogP contribution in [0.1, 0.15) is 0 Å². The molecule has 0 saturated carbocycles. The molecular formula is C76H78N20. The number of benzene rings is 5. The summed E-state index contributed by atoms with van der Waals surface area (Å²) in [5.41, 5.74) is 12.1. The number of hydrogen-bond acceptors (Lipinski definition) is 10. The largest absolute Gasteiger partial charge is 0.351 e. The summed E-state index contributed by atoms with van der Waals surface area (Å²) in [6.07, 6.45) is 28.1. The molecule has 0 bridgehead atoms. The van der Waals surface area contributed by atoms with Gasteiger partial charge in [0, 0.05) is 170 Å². The summed E-state index contributed by atoms with van der Waals surface area (Å²) in [5.74, 6) is 0. The van der Waals surface area contributed by atoms with E-state index in [1.165, 1.54) is 59.9 Å². The quantitative estimate of drug-likeness (QED) is 0.142. The first-order valence-electron chi connectivity index (χ1n) is 31.0. The molecule has 0 aliphatic heterocycles. The zero-order valence-corrected chi connectivity index (χ0v) is 55.7. The fraction of sp³-hybridized carbons (Fsp3) is 0.132. The molecule has 482 valence electrons. The highest BCUT2D eigenvalue weighted by molar-refractivity contribution is 5.82. The van der Waals surface area contributed by atoms with Gasteiger partial charge >= 0.3 is 0 Å². The van der Waals surface area contributed by atoms with Gasteiger partial charge in [-0.05, 0) is 126 Å². The predicted octanol–water partition coefficient (Wildman–Crippen LogP) is 14.6. The van der Waals surface area contributed by atoms with Crippen LogP contribution in [-0.2, 0) is 70.5 Å². The lowest BCUT2D eigenvalue weighted by Gasteiger charge is -1.92. The van der Waals surface area contributed by atoms with Crippen molar-refractivity contribution in [1.82, 2.24) is 96.4 Å². The molecular weight excluding hydrogens is 1190 g/mol. The SMILES string of the molecule is Cn1ccc2ccccc21.Cn1ccc2ccccc21.Cn1ccc2cccnc21.Cn1ccc2cccnc21.Cn1cccn1.Cn1cnc2ccccc21.Cn1cnc2cccnc21.Cn1ncc2ccccc21.Cn1ncc2ccccc21.Cn1ncc2cccnc21. The number of para-hydroxylation sites is 6. The molecule has 0 unspecified atom stereocenters. The molecule has 0 aliphatic rings. The topological polar surface area (TPSA) is 178 Å². The highest BCUT2D eigenvalue weighted by Gasteiger charge is 2.01. The Morgan fingerprint density at radius 1 is 0.219 bits per heavy atom. The van der Waals surface area contributed by atoms with Crippen LogP contribution in [0.4, 0.5) is 0 Å². The molecule has 20 nitrogen and oxygen atoms in total. The number of hydrogen-bond donors (Lipinski definition) is 0. The van der Waals surface area contributed by atoms with Crippen molar-refractivity contribution < 1.29 is 0 Å². The molecule has 19 rings (SSSR count). The first-order valence-corrected chi connectivity index (χ1v) is 31.0. The Balaban J connectivity index is 0.000000116. The number of imidazole rings is 2. The maximum absolute atomic E-state index is 4.20. The fourth-order valence-electron chi connectivity index (χ4n) is 10.2. The summed E-state index contributed by atoms with van der Waals surface area (Å²) >= 11 is 0. The van der Waals surface area contributed by atoms with Gasteiger partial charge in [0.05, 0.1) is 53.3 Å². The van der Waals surface area contributed by atoms with Crippen LogP contribution in [0.15, 0.2) is 293 Å². The van der Waals surface area contributed by atoms with Gasteiger partial charge in [0.1, 0.15) is 16.8 Å². The fourth-order valence-corrected chi connectivity index (χ4v) is 10.2. The Labute approximate surface area is 556 Å². The summed E-state index contributed by atoms with van der Waals surface area (Å²) < 4.78 is 19.4. The van der Waals surface area contributed by atoms with E-state index < -0.39 is 0 Å². The van der Waals surface area contributed by atoms with Crippen molar-refractivity contribution in [2.24, 2.45) is 70.5 Å². The molecule has 0 fully saturated rings. The lowest BCUT2D eigenvalue weighted by molar-refractivity contribution is 0.768. The van der Waals surface area contributed by atoms with Crippen molar-refractivity contribution in [1.29, 1.82) is 0 Å². The van der Waals surface area contributed by atoms with E-state index in [4.69, 9.17) is 0 Å². The minimum absolute atomic E-state index is 0.933. The Morgan fingerprint density at radius 2 is 0.594 bits per heavy atom. The van der Waals surface area contributed by atoms with Crippen molar-refractivity contribution in [2.75, 3.05) is 0 Å². The summed E-state index contributed by atoms with van der Waals surface area (Å²) in [5, 5.41) is 24.6. The molecule has 20 heteroatoms. The van der Waals surface area contributed by atoms with E-state index in [1.807, 2.05) is 225 Å². The van der Waals surface area contributed by atoms with Crippen molar-refractivity contribution in [3.63, 3.8) is 0 Å². The van der Waals surface area contributed by atoms with Crippen LogP contribution in [-0.4, -0.2) is 96.4 Å². The molecule has 0 N–H and O–H groups in total. The summed E-state index contributed by atoms with van der Waals surface area (Å²) in [6, 6.07) is 67.1. The van der Waals surface area contributed by atoms with Crippen LogP contribution in [0.3, 0.4) is 0 Å². The highest BCUT2D eigenvalue weighted by Crippen LogP contribution is 2.17. The second kappa shape index (κ2) is 32.6. The molecule has 96 heavy (non-hydrogen) atoms. The monoisotopic (exact) mass is 1270 g/mol. The van der Waals surface area contributed by atoms with Gasteiger partial charge in [-0.2, -0.15) is 20.4 Å². The number of aryl methyl sites for hydroxylation is 10. The first kappa shape index (κ1) is 66.3. The lowest BCUT2D eigenvalue weighted by Crippen LogP contribution is -1.89. The van der Waals surface area contributed by atoms with Gasteiger partial charge < -0.3 is 27.4 Å². The van der Waals surface area contributed by atoms with Gasteiger partial charge in [-0.1, -0.05) is 84.9 Å². The van der Waals surface area contributed by atoms with Crippen LogP contribution in [0, 0.1) is 0 Å². The molecule has 0 aliphatic carbocycles. The average molecular weight is 1270 g/mol. The molecule has 0 atom stereocenters. The maximum atomic E-state index is 4.20. The Kier molecular flexibility index (Phi) is 22.5. The van der Waals surface area contributed by atoms with Gasteiger partial charge in [-0.15, -0.1) is 0 Å². The van der Waals surface area contributed by atoms with Gasteiger partial charge in [0.2, 0.25) is 0 Å². The van der Waals surface area contributed by atoms with E-state index in [9.17, 15) is 0 Å². The zero-order valence-electron chi connectivity index (χ0n) is 55.7. The second-order valence-corrected chi connectivity index (χ2v) is 22.2. The Hall–Kier alpha value is -12.6. The third kappa shape index (κ3) is 17.3. The second-order valence-electron chi connectivity index (χ2n) is 22.2. The zero-order chi connectivity index (χ0) is 67.2. The van der Waals surface area contributed by atoms with Crippen molar-refractivity contribution >= 4 is 98.9 Å². The maximum Gasteiger partial charge on any atom is 0.159 e. The summed E-state index contributed by atoms with van der Waals surface area (Å²) in [4.78, 5) is 25.0. The molecule has 14 aromatic heterocycles. The van der Waals surface area contributed by atoms with Crippen LogP contribution in [0.25, 0.3) is 98.9 Å². The van der Waals surface area contributed by atoms with Crippen LogP contribution < -0.4 is 0 Å². The Bertz CT molecular complexity index is 4460. The average Bonchev–Trinajstić information content (AvgIpc) is 2.38. The molecule has 14 heterocycles. The Morgan fingerprint density at radius 3 is 1.04 bits per heavy atom. The molecule has 19 aromatic rings. The number of fused-ring (bicyclic) bond motifs is 9. The first-order chi connectivity index (χ1) is 46.8. The van der Waals surface area contributed by atoms with E-state index in [0.29, 0.717) is 0 Å². The normalized spacial score (nSPS) is 10.4. The highest BCUT2D eigenvalue weighted by atomic mass is 15.3. The smallest absolute Gasteiger partial charge is 0.159 e. The molecule has 0 saturated heterocycles. The van der Waals surface area contributed by atoms with Gasteiger partial charge in [0.25, 0.3) is 0 Å². The number of pyridine rings is 4. The van der Waals surface area contributed by atoms with Crippen molar-refractivity contribution in [2.45, 2.75) is 0 Å². The third-order valence-corrected chi connectivity index (χ3v) is 15.4. The minimum atomic E-state index is 0.933. The predicted molar refractivity (Wildman–Crippen MR) is 390 cm³/mol. The van der Waals surface area contributed by atoms with E-state index >= 15 is 0 Å². The van der Waals surface area contributed by atoms with Crippen LogP contribution >= 0.6 is 0 Å². The number of rotatable bonds is 0. The minimum Gasteiger partial charge on any atom is -0.351 e. The molecule has 0 spiro atoms. The van der Waals surface area contributed by atoms with E-state index in [2.05, 4.69) is 201 Å². The number of nitrogens with zero attached hydrogens (tertiary/aromatic N) is 20. The van der Waals surface area contributed by atoms with E-state index in [0.717, 1.165) is 39.0 Å². The number of aromatic nitrogens is 20. The lowest BCUT2D eigenvalue weighted by atomic mass is 10.2. The molecule has 5 aromatic carbocycles. The van der Waals surface area contributed by atoms with Crippen molar-refractivity contribution in [3.05, 3.63) is 293 Å².